The van der Waals surface area contributed by atoms with Crippen LogP contribution in [-0.2, 0) is 0 Å². The van der Waals surface area contributed by atoms with Crippen LogP contribution in [0.4, 0.5) is 0 Å². The molecule has 1 aromatic carbocycles. The van der Waals surface area contributed by atoms with E-state index in [0.29, 0.717) is 0 Å². The lowest BCUT2D eigenvalue weighted by Gasteiger charge is -1.99. The molecule has 0 saturated heterocycles. The summed E-state index contributed by atoms with van der Waals surface area (Å²) in [4.78, 5) is 7.25. The first-order valence-corrected chi connectivity index (χ1v) is 8.44. The van der Waals surface area contributed by atoms with E-state index in [1.54, 1.807) is 34.4 Å². The highest BCUT2D eigenvalue weighted by Crippen LogP contribution is 2.40. The SMILES string of the molecule is CSc1nc(-c2cccs2)c(-c2ccccc2)s1. The molecule has 0 saturated carbocycles. The Bertz CT molecular complexity index is 626. The van der Waals surface area contributed by atoms with Gasteiger partial charge in [0.15, 0.2) is 4.34 Å². The molecule has 0 fully saturated rings. The number of nitrogens with zero attached hydrogens (tertiary/aromatic N) is 1. The number of hydrogen-bond donors (Lipinski definition) is 0. The Morgan fingerprint density at radius 1 is 1.06 bits per heavy atom. The molecule has 0 radical (unpaired) electrons. The summed E-state index contributed by atoms with van der Waals surface area (Å²) in [6, 6.07) is 14.7. The molecule has 4 heteroatoms. The van der Waals surface area contributed by atoms with Crippen molar-refractivity contribution in [2.75, 3.05) is 6.26 Å². The summed E-state index contributed by atoms with van der Waals surface area (Å²) >= 11 is 5.22. The van der Waals surface area contributed by atoms with Gasteiger partial charge in [0.25, 0.3) is 0 Å². The molecule has 1 nitrogen and oxygen atoms in total. The molecule has 0 atom stereocenters. The molecule has 3 rings (SSSR count). The van der Waals surface area contributed by atoms with Crippen molar-refractivity contribution < 1.29 is 0 Å². The molecule has 0 bridgehead atoms. The highest BCUT2D eigenvalue weighted by molar-refractivity contribution is 8.00. The molecule has 18 heavy (non-hydrogen) atoms. The number of rotatable bonds is 3. The second kappa shape index (κ2) is 5.26. The average molecular weight is 289 g/mol. The molecule has 2 heterocycles. The molecule has 2 aromatic heterocycles. The summed E-state index contributed by atoms with van der Waals surface area (Å²) < 4.78 is 1.12. The highest BCUT2D eigenvalue weighted by atomic mass is 32.2. The van der Waals surface area contributed by atoms with E-state index in [1.807, 2.05) is 6.07 Å². The lowest BCUT2D eigenvalue weighted by Crippen LogP contribution is -1.78. The number of thiophene rings is 1. The van der Waals surface area contributed by atoms with E-state index in [9.17, 15) is 0 Å². The number of thioether (sulfide) groups is 1. The van der Waals surface area contributed by atoms with Crippen molar-refractivity contribution in [1.29, 1.82) is 0 Å². The Balaban J connectivity index is 2.17. The number of thiazole rings is 1. The number of aromatic nitrogens is 1. The van der Waals surface area contributed by atoms with Crippen LogP contribution in [-0.4, -0.2) is 11.2 Å². The lowest BCUT2D eigenvalue weighted by molar-refractivity contribution is 1.27. The zero-order valence-corrected chi connectivity index (χ0v) is 12.2. The smallest absolute Gasteiger partial charge is 0.150 e. The first-order chi connectivity index (χ1) is 8.88. The molecule has 0 unspecified atom stereocenters. The molecule has 0 aliphatic rings. The molecular formula is C14H11NS3. The van der Waals surface area contributed by atoms with E-state index in [0.717, 1.165) is 10.0 Å². The fourth-order valence-electron chi connectivity index (χ4n) is 1.75. The lowest BCUT2D eigenvalue weighted by atomic mass is 10.1. The van der Waals surface area contributed by atoms with E-state index in [4.69, 9.17) is 4.98 Å². The Hall–Kier alpha value is -1.10. The van der Waals surface area contributed by atoms with Gasteiger partial charge in [0.2, 0.25) is 0 Å². The molecular weight excluding hydrogens is 278 g/mol. The second-order valence-electron chi connectivity index (χ2n) is 3.70. The minimum atomic E-state index is 1.12. The fraction of sp³-hybridized carbons (Fsp3) is 0.0714. The fourth-order valence-corrected chi connectivity index (χ4v) is 4.12. The Morgan fingerprint density at radius 3 is 2.56 bits per heavy atom. The summed E-state index contributed by atoms with van der Waals surface area (Å²) in [5, 5.41) is 2.10. The van der Waals surface area contributed by atoms with Crippen molar-refractivity contribution in [3.8, 4) is 21.0 Å². The average Bonchev–Trinajstić information content (AvgIpc) is 3.08. The monoisotopic (exact) mass is 289 g/mol. The van der Waals surface area contributed by atoms with Gasteiger partial charge in [-0.05, 0) is 23.3 Å². The van der Waals surface area contributed by atoms with E-state index in [1.165, 1.54) is 15.3 Å². The van der Waals surface area contributed by atoms with Gasteiger partial charge in [0.05, 0.1) is 9.75 Å². The first-order valence-electron chi connectivity index (χ1n) is 5.52. The van der Waals surface area contributed by atoms with Crippen LogP contribution >= 0.6 is 34.4 Å². The standard InChI is InChI=1S/C14H11NS3/c1-16-14-15-12(11-8-5-9-17-11)13(18-14)10-6-3-2-4-7-10/h2-9H,1H3. The van der Waals surface area contributed by atoms with Crippen LogP contribution in [0.25, 0.3) is 21.0 Å². The Labute approximate surface area is 119 Å². The van der Waals surface area contributed by atoms with E-state index in [-0.39, 0.29) is 0 Å². The minimum absolute atomic E-state index is 1.12. The maximum atomic E-state index is 4.74. The third-order valence-electron chi connectivity index (χ3n) is 2.57. The van der Waals surface area contributed by atoms with E-state index in [2.05, 4.69) is 48.0 Å². The van der Waals surface area contributed by atoms with Crippen LogP contribution < -0.4 is 0 Å². The maximum Gasteiger partial charge on any atom is 0.150 e. The molecule has 0 N–H and O–H groups in total. The third-order valence-corrected chi connectivity index (χ3v) is 5.54. The first kappa shape index (κ1) is 12.0. The van der Waals surface area contributed by atoms with Crippen LogP contribution in [0.15, 0.2) is 52.2 Å². The van der Waals surface area contributed by atoms with Crippen molar-refractivity contribution in [2.24, 2.45) is 0 Å². The summed E-state index contributed by atoms with van der Waals surface area (Å²) in [5.74, 6) is 0. The van der Waals surface area contributed by atoms with E-state index >= 15 is 0 Å². The van der Waals surface area contributed by atoms with Gasteiger partial charge in [0, 0.05) is 0 Å². The Morgan fingerprint density at radius 2 is 1.89 bits per heavy atom. The van der Waals surface area contributed by atoms with Gasteiger partial charge >= 0.3 is 0 Å². The topological polar surface area (TPSA) is 12.9 Å². The van der Waals surface area contributed by atoms with Crippen LogP contribution in [0.3, 0.4) is 0 Å². The summed E-state index contributed by atoms with van der Waals surface area (Å²) in [6.07, 6.45) is 2.08. The summed E-state index contributed by atoms with van der Waals surface area (Å²) in [6.45, 7) is 0. The van der Waals surface area contributed by atoms with Gasteiger partial charge in [-0.25, -0.2) is 4.98 Å². The largest absolute Gasteiger partial charge is 0.228 e. The van der Waals surface area contributed by atoms with Crippen molar-refractivity contribution in [1.82, 2.24) is 4.98 Å². The summed E-state index contributed by atoms with van der Waals surface area (Å²) in [7, 11) is 0. The van der Waals surface area contributed by atoms with Gasteiger partial charge in [-0.3, -0.25) is 0 Å². The predicted molar refractivity (Wildman–Crippen MR) is 82.6 cm³/mol. The molecule has 3 aromatic rings. The highest BCUT2D eigenvalue weighted by Gasteiger charge is 2.14. The molecule has 0 amide bonds. The normalized spacial score (nSPS) is 10.7. The van der Waals surface area contributed by atoms with Gasteiger partial charge in [-0.1, -0.05) is 48.2 Å². The maximum absolute atomic E-state index is 4.74. The van der Waals surface area contributed by atoms with Gasteiger partial charge < -0.3 is 0 Å². The summed E-state index contributed by atoms with van der Waals surface area (Å²) in [5.41, 5.74) is 2.37. The van der Waals surface area contributed by atoms with Gasteiger partial charge in [-0.15, -0.1) is 22.7 Å². The third kappa shape index (κ3) is 2.23. The second-order valence-corrected chi connectivity index (χ2v) is 6.71. The van der Waals surface area contributed by atoms with Crippen molar-refractivity contribution >= 4 is 34.4 Å². The van der Waals surface area contributed by atoms with Crippen molar-refractivity contribution in [2.45, 2.75) is 4.34 Å². The van der Waals surface area contributed by atoms with Gasteiger partial charge in [0.1, 0.15) is 5.69 Å². The molecule has 0 aliphatic carbocycles. The van der Waals surface area contributed by atoms with E-state index < -0.39 is 0 Å². The quantitative estimate of drug-likeness (QED) is 0.610. The minimum Gasteiger partial charge on any atom is -0.228 e. The number of hydrogen-bond acceptors (Lipinski definition) is 4. The van der Waals surface area contributed by atoms with Crippen molar-refractivity contribution in [3.63, 3.8) is 0 Å². The molecule has 0 aliphatic heterocycles. The molecule has 90 valence electrons. The molecule has 0 spiro atoms. The van der Waals surface area contributed by atoms with Crippen LogP contribution in [0.1, 0.15) is 0 Å². The Kier molecular flexibility index (Phi) is 3.50. The van der Waals surface area contributed by atoms with Gasteiger partial charge in [-0.2, -0.15) is 0 Å². The zero-order valence-electron chi connectivity index (χ0n) is 9.79. The predicted octanol–water partition coefficient (Wildman–Crippen LogP) is 5.26. The zero-order chi connectivity index (χ0) is 12.4. The number of benzene rings is 1. The van der Waals surface area contributed by atoms with Crippen molar-refractivity contribution in [3.05, 3.63) is 47.8 Å². The van der Waals surface area contributed by atoms with Crippen LogP contribution in [0, 0.1) is 0 Å². The van der Waals surface area contributed by atoms with Crippen LogP contribution in [0.5, 0.6) is 0 Å². The van der Waals surface area contributed by atoms with Crippen LogP contribution in [0.2, 0.25) is 0 Å².